The highest BCUT2D eigenvalue weighted by Gasteiger charge is 2.30. The minimum absolute atomic E-state index is 0.199. The van der Waals surface area contributed by atoms with Crippen molar-refractivity contribution in [2.45, 2.75) is 26.2 Å². The number of nitrogens with one attached hydrogen (secondary N) is 1. The molecule has 174 valence electrons. The van der Waals surface area contributed by atoms with Crippen molar-refractivity contribution in [3.8, 4) is 11.5 Å². The van der Waals surface area contributed by atoms with Crippen molar-refractivity contribution >= 4 is 43.9 Å². The Labute approximate surface area is 191 Å². The van der Waals surface area contributed by atoms with Gasteiger partial charge in [-0.05, 0) is 43.9 Å². The number of ether oxygens (including phenoxy) is 3. The zero-order chi connectivity index (χ0) is 23.5. The summed E-state index contributed by atoms with van der Waals surface area (Å²) in [5, 5.41) is 3.10. The Hall–Kier alpha value is -2.79. The Kier molecular flexibility index (Phi) is 7.29. The highest BCUT2D eigenvalue weighted by molar-refractivity contribution is 7.92. The van der Waals surface area contributed by atoms with Gasteiger partial charge in [0.2, 0.25) is 15.9 Å². The molecule has 32 heavy (non-hydrogen) atoms. The average molecular weight is 483 g/mol. The van der Waals surface area contributed by atoms with Crippen LogP contribution >= 0.6 is 11.3 Å². The summed E-state index contributed by atoms with van der Waals surface area (Å²) in [4.78, 5) is 26.5. The molecule has 1 aliphatic rings. The lowest BCUT2D eigenvalue weighted by atomic mass is 10.1. The van der Waals surface area contributed by atoms with E-state index in [1.165, 1.54) is 37.7 Å². The smallest absolute Gasteiger partial charge is 0.341 e. The monoisotopic (exact) mass is 482 g/mol. The van der Waals surface area contributed by atoms with Crippen molar-refractivity contribution < 1.29 is 32.2 Å². The molecule has 0 bridgehead atoms. The Morgan fingerprint density at radius 2 is 1.94 bits per heavy atom. The number of aryl methyl sites for hydroxylation is 1. The first-order valence-electron chi connectivity index (χ1n) is 10.0. The summed E-state index contributed by atoms with van der Waals surface area (Å²) in [6.45, 7) is 1.44. The summed E-state index contributed by atoms with van der Waals surface area (Å²) in [5.41, 5.74) is 1.47. The van der Waals surface area contributed by atoms with Crippen LogP contribution < -0.4 is 19.1 Å². The maximum Gasteiger partial charge on any atom is 0.341 e. The van der Waals surface area contributed by atoms with Crippen molar-refractivity contribution in [2.75, 3.05) is 43.2 Å². The third-order valence-electron chi connectivity index (χ3n) is 5.00. The van der Waals surface area contributed by atoms with E-state index in [1.807, 2.05) is 0 Å². The molecule has 0 aliphatic heterocycles. The van der Waals surface area contributed by atoms with Gasteiger partial charge in [-0.2, -0.15) is 0 Å². The number of esters is 1. The van der Waals surface area contributed by atoms with Crippen LogP contribution in [0.25, 0.3) is 0 Å². The van der Waals surface area contributed by atoms with E-state index in [0.29, 0.717) is 16.3 Å². The molecule has 1 N–H and O–H groups in total. The topological polar surface area (TPSA) is 111 Å². The van der Waals surface area contributed by atoms with E-state index in [1.54, 1.807) is 13.0 Å². The van der Waals surface area contributed by atoms with Crippen LogP contribution in [-0.2, 0) is 32.4 Å². The van der Waals surface area contributed by atoms with Crippen molar-refractivity contribution in [2.24, 2.45) is 0 Å². The number of hydrogen-bond donors (Lipinski definition) is 1. The van der Waals surface area contributed by atoms with Crippen LogP contribution in [0, 0.1) is 0 Å². The molecule has 1 aromatic heterocycles. The van der Waals surface area contributed by atoms with E-state index in [4.69, 9.17) is 14.2 Å². The molecule has 2 aromatic rings. The van der Waals surface area contributed by atoms with Gasteiger partial charge in [-0.15, -0.1) is 11.3 Å². The molecule has 3 rings (SSSR count). The number of sulfonamides is 1. The van der Waals surface area contributed by atoms with E-state index in [9.17, 15) is 18.0 Å². The number of carbonyl (C=O) groups excluding carboxylic acids is 2. The Balaban J connectivity index is 1.89. The van der Waals surface area contributed by atoms with E-state index < -0.39 is 28.4 Å². The Morgan fingerprint density at radius 3 is 2.56 bits per heavy atom. The predicted octanol–water partition coefficient (Wildman–Crippen LogP) is 2.84. The standard InChI is InChI=1S/C21H26N2O7S2/c1-5-30-21(25)19-14-7-6-8-17(14)31-20(19)22-18(24)12-23(32(4,26)27)15-10-9-13(28-2)11-16(15)29-3/h9-11H,5-8,12H2,1-4H3,(H,22,24). The SMILES string of the molecule is CCOC(=O)c1c(NC(=O)CN(c2ccc(OC)cc2OC)S(C)(=O)=O)sc2c1CCC2. The lowest BCUT2D eigenvalue weighted by Crippen LogP contribution is -2.37. The molecule has 0 unspecified atom stereocenters. The molecule has 0 saturated carbocycles. The van der Waals surface area contributed by atoms with E-state index >= 15 is 0 Å². The van der Waals surface area contributed by atoms with Crippen LogP contribution in [0.4, 0.5) is 10.7 Å². The van der Waals surface area contributed by atoms with Crippen LogP contribution in [0.5, 0.6) is 11.5 Å². The van der Waals surface area contributed by atoms with Gasteiger partial charge >= 0.3 is 5.97 Å². The second-order valence-corrected chi connectivity index (χ2v) is 10.1. The maximum absolute atomic E-state index is 12.9. The fraction of sp³-hybridized carbons (Fsp3) is 0.429. The largest absolute Gasteiger partial charge is 0.497 e. The fourth-order valence-corrected chi connectivity index (χ4v) is 5.73. The average Bonchev–Trinajstić information content (AvgIpc) is 3.31. The number of methoxy groups -OCH3 is 2. The molecule has 0 fully saturated rings. The zero-order valence-corrected chi connectivity index (χ0v) is 20.0. The number of anilines is 2. The molecule has 1 amide bonds. The number of thiophene rings is 1. The molecular formula is C21H26N2O7S2. The van der Waals surface area contributed by atoms with Gasteiger partial charge in [0, 0.05) is 10.9 Å². The van der Waals surface area contributed by atoms with Crippen molar-refractivity contribution in [1.29, 1.82) is 0 Å². The lowest BCUT2D eigenvalue weighted by Gasteiger charge is -2.24. The van der Waals surface area contributed by atoms with Gasteiger partial charge in [-0.1, -0.05) is 0 Å². The lowest BCUT2D eigenvalue weighted by molar-refractivity contribution is -0.114. The van der Waals surface area contributed by atoms with E-state index in [0.717, 1.165) is 40.3 Å². The van der Waals surface area contributed by atoms with Gasteiger partial charge in [0.15, 0.2) is 0 Å². The van der Waals surface area contributed by atoms with Crippen LogP contribution in [-0.4, -0.2) is 53.9 Å². The van der Waals surface area contributed by atoms with Gasteiger partial charge in [0.05, 0.1) is 38.3 Å². The van der Waals surface area contributed by atoms with E-state index in [-0.39, 0.29) is 18.0 Å². The molecule has 0 spiro atoms. The summed E-state index contributed by atoms with van der Waals surface area (Å²) < 4.78 is 41.6. The molecule has 1 aromatic carbocycles. The number of rotatable bonds is 9. The summed E-state index contributed by atoms with van der Waals surface area (Å²) in [5.74, 6) is -0.349. The van der Waals surface area contributed by atoms with Gasteiger partial charge in [0.1, 0.15) is 23.0 Å². The molecule has 0 saturated heterocycles. The summed E-state index contributed by atoms with van der Waals surface area (Å²) in [6, 6.07) is 4.63. The number of hydrogen-bond acceptors (Lipinski definition) is 8. The highest BCUT2D eigenvalue weighted by atomic mass is 32.2. The van der Waals surface area contributed by atoms with Gasteiger partial charge in [0.25, 0.3) is 0 Å². The predicted molar refractivity (Wildman–Crippen MR) is 123 cm³/mol. The Morgan fingerprint density at radius 1 is 1.19 bits per heavy atom. The van der Waals surface area contributed by atoms with Crippen LogP contribution in [0.15, 0.2) is 18.2 Å². The third kappa shape index (κ3) is 4.99. The first-order valence-corrected chi connectivity index (χ1v) is 12.7. The van der Waals surface area contributed by atoms with Crippen molar-refractivity contribution in [1.82, 2.24) is 0 Å². The fourth-order valence-electron chi connectivity index (χ4n) is 3.58. The molecule has 11 heteroatoms. The number of nitrogens with zero attached hydrogens (tertiary/aromatic N) is 1. The van der Waals surface area contributed by atoms with Crippen LogP contribution in [0.3, 0.4) is 0 Å². The second-order valence-electron chi connectivity index (χ2n) is 7.14. The second kappa shape index (κ2) is 9.78. The number of fused-ring (bicyclic) bond motifs is 1. The molecule has 9 nitrogen and oxygen atoms in total. The first-order chi connectivity index (χ1) is 15.2. The van der Waals surface area contributed by atoms with Crippen LogP contribution in [0.2, 0.25) is 0 Å². The molecule has 1 heterocycles. The minimum atomic E-state index is -3.83. The van der Waals surface area contributed by atoms with Crippen molar-refractivity contribution in [3.05, 3.63) is 34.2 Å². The summed E-state index contributed by atoms with van der Waals surface area (Å²) >= 11 is 1.33. The minimum Gasteiger partial charge on any atom is -0.497 e. The van der Waals surface area contributed by atoms with Gasteiger partial charge in [-0.25, -0.2) is 13.2 Å². The van der Waals surface area contributed by atoms with Crippen LogP contribution in [0.1, 0.15) is 34.1 Å². The molecule has 0 radical (unpaired) electrons. The van der Waals surface area contributed by atoms with E-state index in [2.05, 4.69) is 5.32 Å². The van der Waals surface area contributed by atoms with Crippen molar-refractivity contribution in [3.63, 3.8) is 0 Å². The van der Waals surface area contributed by atoms with Gasteiger partial charge < -0.3 is 19.5 Å². The summed E-state index contributed by atoms with van der Waals surface area (Å²) in [6.07, 6.45) is 3.53. The number of carbonyl (C=O) groups is 2. The zero-order valence-electron chi connectivity index (χ0n) is 18.4. The molecular weight excluding hydrogens is 456 g/mol. The number of amides is 1. The Bertz CT molecular complexity index is 1130. The molecule has 1 aliphatic carbocycles. The highest BCUT2D eigenvalue weighted by Crippen LogP contribution is 2.40. The molecule has 0 atom stereocenters. The normalized spacial score (nSPS) is 12.8. The maximum atomic E-state index is 12.9. The number of benzene rings is 1. The first kappa shape index (κ1) is 23.9. The quantitative estimate of drug-likeness (QED) is 0.547. The third-order valence-corrected chi connectivity index (χ3v) is 7.33. The summed E-state index contributed by atoms with van der Waals surface area (Å²) in [7, 11) is -0.943. The van der Waals surface area contributed by atoms with Gasteiger partial charge in [-0.3, -0.25) is 9.10 Å².